The van der Waals surface area contributed by atoms with Gasteiger partial charge in [0, 0.05) is 141 Å². The summed E-state index contributed by atoms with van der Waals surface area (Å²) in [6.07, 6.45) is -0.565. The van der Waals surface area contributed by atoms with E-state index in [9.17, 15) is 62.3 Å². The number of nitrogens with zero attached hydrogens (tertiary/aromatic N) is 7. The number of pyridine rings is 4. The lowest BCUT2D eigenvalue weighted by Gasteiger charge is -2.28. The van der Waals surface area contributed by atoms with E-state index >= 15 is 0 Å². The highest BCUT2D eigenvalue weighted by Gasteiger charge is 2.29. The molecule has 9 N–H and O–H groups in total. The van der Waals surface area contributed by atoms with Crippen molar-refractivity contribution >= 4 is 53.4 Å². The Labute approximate surface area is 735 Å². The number of hydrogen-bond acceptors (Lipinski definition) is 23. The number of ether oxygens (including phenoxy) is 7. The molecular formula is C91H114N16O20. The number of nitrogens with one attached hydrogen (secondary N) is 9. The Morgan fingerprint density at radius 2 is 0.732 bits per heavy atom. The van der Waals surface area contributed by atoms with Crippen LogP contribution < -0.4 is 89.0 Å². The van der Waals surface area contributed by atoms with Crippen LogP contribution in [-0.2, 0) is 86.0 Å². The summed E-state index contributed by atoms with van der Waals surface area (Å²) >= 11 is 0. The molecular weight excluding hydrogens is 1640 g/mol. The van der Waals surface area contributed by atoms with Crippen LogP contribution in [0.15, 0.2) is 165 Å². The van der Waals surface area contributed by atoms with Crippen LogP contribution in [0, 0.1) is 27.7 Å². The predicted molar refractivity (Wildman–Crippen MR) is 471 cm³/mol. The van der Waals surface area contributed by atoms with Crippen LogP contribution in [0.4, 0.5) is 4.79 Å². The second-order valence-corrected chi connectivity index (χ2v) is 31.4. The molecule has 0 fully saturated rings. The van der Waals surface area contributed by atoms with Crippen LogP contribution in [0.5, 0.6) is 23.0 Å². The van der Waals surface area contributed by atoms with Crippen molar-refractivity contribution in [2.75, 3.05) is 144 Å². The van der Waals surface area contributed by atoms with E-state index in [0.29, 0.717) is 22.3 Å². The Morgan fingerprint density at radius 3 is 1.12 bits per heavy atom. The Balaban J connectivity index is 0.948. The van der Waals surface area contributed by atoms with E-state index in [4.69, 9.17) is 33.2 Å². The zero-order chi connectivity index (χ0) is 90.8. The molecule has 0 radical (unpaired) electrons. The van der Waals surface area contributed by atoms with Gasteiger partial charge in [0.05, 0.1) is 48.7 Å². The average molecular weight is 1750 g/mol. The van der Waals surface area contributed by atoms with Crippen molar-refractivity contribution in [1.82, 2.24) is 80.8 Å². The molecule has 4 aromatic carbocycles. The number of aryl methyl sites for hydroxylation is 4. The van der Waals surface area contributed by atoms with E-state index in [1.165, 1.54) is 42.5 Å². The van der Waals surface area contributed by atoms with Crippen molar-refractivity contribution in [1.29, 1.82) is 0 Å². The maximum atomic E-state index is 14.9. The molecule has 678 valence electrons. The summed E-state index contributed by atoms with van der Waals surface area (Å²) < 4.78 is 46.0. The van der Waals surface area contributed by atoms with Gasteiger partial charge in [0.2, 0.25) is 23.6 Å². The number of aromatic nitrogens is 4. The van der Waals surface area contributed by atoms with Gasteiger partial charge in [-0.05, 0) is 95.0 Å². The second kappa shape index (κ2) is 48.3. The van der Waals surface area contributed by atoms with E-state index < -0.39 is 107 Å². The zero-order valence-electron chi connectivity index (χ0n) is 72.9. The molecule has 8 bridgehead atoms. The minimum atomic E-state index is -0.779. The molecule has 0 saturated heterocycles. The SMILES string of the molecule is Cc1cc(C(=O)NCCOCCOCCNC(=O)OC(C)(C)C)c(OCc2ccccc2)c(=O)n1CC(=O)NCCN1CCNC(=O)Cn2c(C)cc(c(OCc3ccccc3)c2=O)C(=O)NCCN2CCNC(=O)c3cc(C)n(c(=O)c3OCc3ccccc3)CC(=O)NCCN(CCNC(=O)Cn3c(C)cc(c(OCc4ccccc4)c3=O)C(=O)NCC2)CC1. The third kappa shape index (κ3) is 29.7. The summed E-state index contributed by atoms with van der Waals surface area (Å²) in [6, 6.07) is 41.7. The first kappa shape index (κ1) is 95.9. The van der Waals surface area contributed by atoms with Crippen molar-refractivity contribution in [3.8, 4) is 23.0 Å². The van der Waals surface area contributed by atoms with Crippen LogP contribution >= 0.6 is 0 Å². The maximum absolute atomic E-state index is 14.9. The number of benzene rings is 4. The third-order valence-corrected chi connectivity index (χ3v) is 20.6. The minimum Gasteiger partial charge on any atom is -0.482 e. The second-order valence-electron chi connectivity index (χ2n) is 31.4. The third-order valence-electron chi connectivity index (χ3n) is 20.6. The fraction of sp³-hybridized carbons (Fsp3) is 0.418. The molecule has 16 rings (SSSR count). The van der Waals surface area contributed by atoms with Crippen molar-refractivity contribution < 1.29 is 76.3 Å². The summed E-state index contributed by atoms with van der Waals surface area (Å²) in [6.45, 7) is 10.9. The van der Waals surface area contributed by atoms with Crippen molar-refractivity contribution in [3.05, 3.63) is 254 Å². The molecule has 9 amide bonds. The summed E-state index contributed by atoms with van der Waals surface area (Å²) in [5.74, 6) is -6.36. The van der Waals surface area contributed by atoms with Gasteiger partial charge in [0.15, 0.2) is 23.0 Å². The van der Waals surface area contributed by atoms with E-state index in [-0.39, 0.29) is 239 Å². The molecule has 8 aliphatic rings. The van der Waals surface area contributed by atoms with Crippen LogP contribution in [0.2, 0.25) is 0 Å². The monoisotopic (exact) mass is 1750 g/mol. The topological polar surface area (TPSA) is 424 Å². The Kier molecular flexibility index (Phi) is 36.5. The van der Waals surface area contributed by atoms with Crippen molar-refractivity contribution in [2.24, 2.45) is 0 Å². The molecule has 36 heteroatoms. The van der Waals surface area contributed by atoms with Gasteiger partial charge in [0.25, 0.3) is 45.9 Å². The first-order valence-electron chi connectivity index (χ1n) is 42.3. The number of hydrogen-bond donors (Lipinski definition) is 9. The smallest absolute Gasteiger partial charge is 0.407 e. The van der Waals surface area contributed by atoms with Crippen molar-refractivity contribution in [3.63, 3.8) is 0 Å². The number of rotatable bonds is 27. The molecule has 127 heavy (non-hydrogen) atoms. The standard InChI is InChI=1S/C91H114N16O20/c1-62-50-70-78(123-58-66-20-12-8-13-21-66)86(116)104(62)54-74(108)92-28-37-102-38-29-93-75(109)55-105-63(2)51-71(79(87(105)117)124-59-67-22-14-9-15-23-67)83(113)97-33-42-101(41-32-96-82(70)112)43-34-98-84(114)72-52-64(3)106(88(118)80(72)125-60-68-24-16-10-17-25-68)56-76(110)94-30-39-103(45-44-102)40-31-95-77(111)57-107-65(4)53-73(81(89(107)119)126-61-69-26-18-11-19-27-69)85(115)99-35-46-121-48-49-122-47-36-100-90(120)127-91(5,6)7/h8-27,50-53H,28-49,54-61H2,1-7H3,(H,92,108)(H,93,109)(H,94,110)(H,95,111)(H,96,112)(H,97,113)(H,98,114)(H,99,115)(H,100,120). The van der Waals surface area contributed by atoms with Gasteiger partial charge in [-0.15, -0.1) is 0 Å². The van der Waals surface area contributed by atoms with Crippen LogP contribution in [0.1, 0.15) is 107 Å². The van der Waals surface area contributed by atoms with E-state index in [0.717, 1.165) is 0 Å². The minimum absolute atomic E-state index is 0.0132. The van der Waals surface area contributed by atoms with E-state index in [1.54, 1.807) is 146 Å². The van der Waals surface area contributed by atoms with Gasteiger partial charge in [-0.2, -0.15) is 0 Å². The fourth-order valence-electron chi connectivity index (χ4n) is 13.9. The molecule has 12 heterocycles. The van der Waals surface area contributed by atoms with Gasteiger partial charge in [-0.3, -0.25) is 72.2 Å². The van der Waals surface area contributed by atoms with E-state index in [2.05, 4.69) is 47.9 Å². The number of alkyl carbamates (subject to hydrolysis) is 1. The highest BCUT2D eigenvalue weighted by Crippen LogP contribution is 2.23. The summed E-state index contributed by atoms with van der Waals surface area (Å²) in [7, 11) is 0. The molecule has 0 aliphatic carbocycles. The summed E-state index contributed by atoms with van der Waals surface area (Å²) in [5.41, 5.74) is -0.437. The van der Waals surface area contributed by atoms with E-state index in [1.807, 2.05) is 39.0 Å². The first-order valence-corrected chi connectivity index (χ1v) is 42.3. The number of carbonyl (C=O) groups excluding carboxylic acids is 9. The molecule has 8 aliphatic heterocycles. The highest BCUT2D eigenvalue weighted by atomic mass is 16.6. The summed E-state index contributed by atoms with van der Waals surface area (Å²) in [5, 5.41) is 25.8. The van der Waals surface area contributed by atoms with Crippen LogP contribution in [0.25, 0.3) is 0 Å². The number of carbonyl (C=O) groups is 9. The van der Waals surface area contributed by atoms with Crippen LogP contribution in [0.3, 0.4) is 0 Å². The lowest BCUT2D eigenvalue weighted by Crippen LogP contribution is -2.47. The van der Waals surface area contributed by atoms with Gasteiger partial charge >= 0.3 is 6.09 Å². The quantitative estimate of drug-likeness (QED) is 0.0334. The highest BCUT2D eigenvalue weighted by molar-refractivity contribution is 5.99. The molecule has 0 saturated carbocycles. The molecule has 0 spiro atoms. The van der Waals surface area contributed by atoms with Gasteiger partial charge in [-0.1, -0.05) is 121 Å². The summed E-state index contributed by atoms with van der Waals surface area (Å²) in [4.78, 5) is 192. The fourth-order valence-corrected chi connectivity index (χ4v) is 13.9. The lowest BCUT2D eigenvalue weighted by atomic mass is 10.1. The first-order chi connectivity index (χ1) is 61.2. The Morgan fingerprint density at radius 1 is 0.378 bits per heavy atom. The zero-order valence-corrected chi connectivity index (χ0v) is 72.9. The Hall–Kier alpha value is -13.3. The Bertz CT molecular complexity index is 5220. The van der Waals surface area contributed by atoms with Crippen molar-refractivity contribution in [2.45, 2.75) is 107 Å². The predicted octanol–water partition coefficient (Wildman–Crippen LogP) is 2.86. The lowest BCUT2D eigenvalue weighted by molar-refractivity contribution is -0.122. The molecule has 4 aromatic heterocycles. The largest absolute Gasteiger partial charge is 0.482 e. The maximum Gasteiger partial charge on any atom is 0.407 e. The van der Waals surface area contributed by atoms with Gasteiger partial charge < -0.3 is 99.3 Å². The van der Waals surface area contributed by atoms with Gasteiger partial charge in [-0.25, -0.2) is 4.79 Å². The molecule has 8 aromatic rings. The number of amides is 9. The van der Waals surface area contributed by atoms with Gasteiger partial charge in [0.1, 0.15) is 58.2 Å². The normalized spacial score (nSPS) is 15.8. The molecule has 36 nitrogen and oxygen atoms in total. The molecule has 0 unspecified atom stereocenters. The molecule has 0 atom stereocenters. The van der Waals surface area contributed by atoms with Crippen LogP contribution in [-0.4, -0.2) is 236 Å². The average Bonchev–Trinajstić information content (AvgIpc) is 0.810.